The van der Waals surface area contributed by atoms with E-state index in [0.29, 0.717) is 27.4 Å². The van der Waals surface area contributed by atoms with E-state index in [1.165, 1.54) is 11.7 Å². The Bertz CT molecular complexity index is 1600. The molecule has 0 radical (unpaired) electrons. The summed E-state index contributed by atoms with van der Waals surface area (Å²) >= 11 is 1.08. The first-order valence-electron chi connectivity index (χ1n) is 10.6. The molecule has 0 aliphatic carbocycles. The van der Waals surface area contributed by atoms with E-state index in [2.05, 4.69) is 5.32 Å². The van der Waals surface area contributed by atoms with Crippen LogP contribution in [0.2, 0.25) is 0 Å². The van der Waals surface area contributed by atoms with Gasteiger partial charge in [0.1, 0.15) is 22.2 Å². The minimum atomic E-state index is -0.625. The second-order valence-corrected chi connectivity index (χ2v) is 8.37. The van der Waals surface area contributed by atoms with Gasteiger partial charge in [0.05, 0.1) is 24.4 Å². The molecule has 4 aromatic rings. The predicted molar refractivity (Wildman–Crippen MR) is 136 cm³/mol. The number of rotatable bonds is 6. The molecule has 0 aliphatic rings. The molecule has 0 fully saturated rings. The van der Waals surface area contributed by atoms with Crippen LogP contribution < -0.4 is 29.5 Å². The number of nitrogens with one attached hydrogen (secondary N) is 1. The number of methoxy groups -OCH3 is 2. The number of benzene rings is 3. The number of ether oxygens (including phenoxy) is 2. The molecule has 174 valence electrons. The lowest BCUT2D eigenvalue weighted by Gasteiger charge is -2.07. The van der Waals surface area contributed by atoms with Gasteiger partial charge in [0, 0.05) is 11.8 Å². The van der Waals surface area contributed by atoms with E-state index >= 15 is 0 Å². The normalized spacial score (nSPS) is 12.0. The van der Waals surface area contributed by atoms with Gasteiger partial charge in [-0.2, -0.15) is 5.26 Å². The summed E-state index contributed by atoms with van der Waals surface area (Å²) in [6.07, 6.45) is 1.72. The summed E-state index contributed by atoms with van der Waals surface area (Å²) in [6.45, 7) is 0. The monoisotopic (exact) mass is 483 g/mol. The summed E-state index contributed by atoms with van der Waals surface area (Å²) in [4.78, 5) is 26.6. The number of amides is 1. The Hall–Kier alpha value is -4.61. The standard InChI is InChI=1S/C27H21N3O4S/c1-33-21-12-6-8-18(14-21)15-24-26(32)30(20-10-4-3-5-11-20)27(35-24)23(17-28)25(31)29-19-9-7-13-22(16-19)34-2/h3-16H,1-2H3,(H,29,31)/b24-15-,27-23+. The van der Waals surface area contributed by atoms with Crippen molar-refractivity contribution in [2.24, 2.45) is 0 Å². The fraction of sp³-hybridized carbons (Fsp3) is 0.0741. The van der Waals surface area contributed by atoms with E-state index in [0.717, 1.165) is 16.9 Å². The highest BCUT2D eigenvalue weighted by Gasteiger charge is 2.17. The zero-order valence-electron chi connectivity index (χ0n) is 19.0. The van der Waals surface area contributed by atoms with Gasteiger partial charge >= 0.3 is 0 Å². The van der Waals surface area contributed by atoms with Crippen LogP contribution in [0, 0.1) is 11.3 Å². The summed E-state index contributed by atoms with van der Waals surface area (Å²) in [5, 5.41) is 12.7. The molecule has 0 saturated carbocycles. The third kappa shape index (κ3) is 5.16. The van der Waals surface area contributed by atoms with Crippen LogP contribution in [-0.2, 0) is 4.79 Å². The zero-order valence-corrected chi connectivity index (χ0v) is 19.8. The summed E-state index contributed by atoms with van der Waals surface area (Å²) in [5.41, 5.74) is 1.27. The minimum absolute atomic E-state index is 0.177. The lowest BCUT2D eigenvalue weighted by molar-refractivity contribution is -0.111. The van der Waals surface area contributed by atoms with Crippen LogP contribution in [0.15, 0.2) is 83.7 Å². The predicted octanol–water partition coefficient (Wildman–Crippen LogP) is 3.06. The van der Waals surface area contributed by atoms with Gasteiger partial charge in [-0.3, -0.25) is 14.2 Å². The van der Waals surface area contributed by atoms with Gasteiger partial charge in [-0.15, -0.1) is 11.3 Å². The van der Waals surface area contributed by atoms with Crippen LogP contribution in [0.3, 0.4) is 0 Å². The molecule has 4 rings (SSSR count). The fourth-order valence-electron chi connectivity index (χ4n) is 3.43. The second-order valence-electron chi connectivity index (χ2n) is 7.34. The first-order chi connectivity index (χ1) is 17.0. The number of thiazole rings is 1. The van der Waals surface area contributed by atoms with Gasteiger partial charge < -0.3 is 14.8 Å². The number of para-hydroxylation sites is 1. The van der Waals surface area contributed by atoms with Gasteiger partial charge in [-0.25, -0.2) is 0 Å². The molecule has 0 unspecified atom stereocenters. The van der Waals surface area contributed by atoms with Crippen LogP contribution in [0.1, 0.15) is 5.56 Å². The molecule has 35 heavy (non-hydrogen) atoms. The van der Waals surface area contributed by atoms with Crippen molar-refractivity contribution in [1.82, 2.24) is 4.57 Å². The molecule has 8 heteroatoms. The molecule has 7 nitrogen and oxygen atoms in total. The van der Waals surface area contributed by atoms with Gasteiger partial charge in [0.2, 0.25) is 0 Å². The molecule has 1 aromatic heterocycles. The third-order valence-electron chi connectivity index (χ3n) is 5.11. The quantitative estimate of drug-likeness (QED) is 0.455. The van der Waals surface area contributed by atoms with Crippen LogP contribution in [0.4, 0.5) is 5.69 Å². The molecule has 0 spiro atoms. The molecular weight excluding hydrogens is 462 g/mol. The van der Waals surface area contributed by atoms with E-state index < -0.39 is 5.91 Å². The number of nitriles is 1. The summed E-state index contributed by atoms with van der Waals surface area (Å²) in [5.74, 6) is 0.592. The van der Waals surface area contributed by atoms with E-state index in [4.69, 9.17) is 9.47 Å². The summed E-state index contributed by atoms with van der Waals surface area (Å²) in [6, 6.07) is 25.0. The van der Waals surface area contributed by atoms with Crippen molar-refractivity contribution < 1.29 is 14.3 Å². The van der Waals surface area contributed by atoms with E-state index in [1.54, 1.807) is 67.8 Å². The third-order valence-corrected chi connectivity index (χ3v) is 6.20. The van der Waals surface area contributed by atoms with E-state index in [-0.39, 0.29) is 15.8 Å². The minimum Gasteiger partial charge on any atom is -0.497 e. The van der Waals surface area contributed by atoms with Crippen molar-refractivity contribution in [3.63, 3.8) is 0 Å². The smallest absolute Gasteiger partial charge is 0.273 e. The largest absolute Gasteiger partial charge is 0.497 e. The topological polar surface area (TPSA) is 93.3 Å². The molecule has 0 bridgehead atoms. The molecule has 0 aliphatic heterocycles. The molecular formula is C27H21N3O4S. The van der Waals surface area contributed by atoms with Crippen LogP contribution in [-0.4, -0.2) is 24.7 Å². The highest BCUT2D eigenvalue weighted by atomic mass is 32.1. The molecule has 0 saturated heterocycles. The van der Waals surface area contributed by atoms with Crippen molar-refractivity contribution in [3.05, 3.63) is 104 Å². The first kappa shape index (κ1) is 23.5. The van der Waals surface area contributed by atoms with Gasteiger partial charge in [0.25, 0.3) is 11.5 Å². The Morgan fingerprint density at radius 1 is 0.971 bits per heavy atom. The van der Waals surface area contributed by atoms with Crippen LogP contribution >= 0.6 is 11.3 Å². The molecule has 3 aromatic carbocycles. The molecule has 1 amide bonds. The first-order valence-corrected chi connectivity index (χ1v) is 11.4. The lowest BCUT2D eigenvalue weighted by Crippen LogP contribution is -2.32. The highest BCUT2D eigenvalue weighted by molar-refractivity contribution is 7.07. The number of aromatic nitrogens is 1. The summed E-state index contributed by atoms with van der Waals surface area (Å²) < 4.78 is 12.5. The lowest BCUT2D eigenvalue weighted by atomic mass is 10.2. The maximum atomic E-state index is 13.5. The average molecular weight is 484 g/mol. The Kier molecular flexibility index (Phi) is 7.10. The summed E-state index contributed by atoms with van der Waals surface area (Å²) in [7, 11) is 3.10. The SMILES string of the molecule is COc1cccc(/C=c2\s/c(=C(\C#N)C(=O)Nc3cccc(OC)c3)n(-c3ccccc3)c2=O)c1. The highest BCUT2D eigenvalue weighted by Crippen LogP contribution is 2.17. The number of nitrogens with zero attached hydrogens (tertiary/aromatic N) is 2. The number of carbonyl (C=O) groups is 1. The van der Waals surface area contributed by atoms with Gasteiger partial charge in [0.15, 0.2) is 5.57 Å². The number of carbonyl (C=O) groups excluding carboxylic acids is 1. The van der Waals surface area contributed by atoms with E-state index in [9.17, 15) is 14.9 Å². The van der Waals surface area contributed by atoms with Gasteiger partial charge in [-0.05, 0) is 48.0 Å². The van der Waals surface area contributed by atoms with Crippen molar-refractivity contribution in [2.45, 2.75) is 0 Å². The molecule has 1 heterocycles. The fourth-order valence-corrected chi connectivity index (χ4v) is 4.54. The molecule has 1 N–H and O–H groups in total. The van der Waals surface area contributed by atoms with Crippen molar-refractivity contribution in [2.75, 3.05) is 19.5 Å². The number of hydrogen-bond acceptors (Lipinski definition) is 6. The Labute approximate surface area is 205 Å². The van der Waals surface area contributed by atoms with Gasteiger partial charge in [-0.1, -0.05) is 36.4 Å². The zero-order chi connectivity index (χ0) is 24.8. The Balaban J connectivity index is 1.92. The Morgan fingerprint density at radius 2 is 1.66 bits per heavy atom. The van der Waals surface area contributed by atoms with Crippen molar-refractivity contribution >= 4 is 34.6 Å². The number of hydrogen-bond donors (Lipinski definition) is 1. The second kappa shape index (κ2) is 10.5. The average Bonchev–Trinajstić information content (AvgIpc) is 3.20. The maximum absolute atomic E-state index is 13.5. The van der Waals surface area contributed by atoms with Crippen molar-refractivity contribution in [1.29, 1.82) is 5.26 Å². The Morgan fingerprint density at radius 3 is 2.34 bits per heavy atom. The van der Waals surface area contributed by atoms with Crippen molar-refractivity contribution in [3.8, 4) is 23.3 Å². The molecule has 0 atom stereocenters. The van der Waals surface area contributed by atoms with E-state index in [1.807, 2.05) is 30.3 Å². The van der Waals surface area contributed by atoms with Crippen LogP contribution in [0.25, 0.3) is 17.3 Å². The van der Waals surface area contributed by atoms with Crippen LogP contribution in [0.5, 0.6) is 11.5 Å². The number of anilines is 1. The maximum Gasteiger partial charge on any atom is 0.273 e.